The van der Waals surface area contributed by atoms with Gasteiger partial charge in [-0.2, -0.15) is 0 Å². The number of anilines is 1. The summed E-state index contributed by atoms with van der Waals surface area (Å²) in [4.78, 5) is 0.172. The molecular formula is C12H12N2O2S. The van der Waals surface area contributed by atoms with Gasteiger partial charge in [-0.15, -0.1) is 0 Å². The van der Waals surface area contributed by atoms with Crippen molar-refractivity contribution in [2.45, 2.75) is 11.3 Å². The zero-order valence-corrected chi connectivity index (χ0v) is 9.92. The topological polar surface area (TPSA) is 72.2 Å². The van der Waals surface area contributed by atoms with Crippen LogP contribution in [0.25, 0.3) is 10.8 Å². The van der Waals surface area contributed by atoms with Gasteiger partial charge in [0.1, 0.15) is 0 Å². The first-order valence-electron chi connectivity index (χ1n) is 5.38. The van der Waals surface area contributed by atoms with E-state index in [2.05, 4.69) is 5.32 Å². The molecule has 0 saturated carbocycles. The summed E-state index contributed by atoms with van der Waals surface area (Å²) in [6.07, 6.45) is 0.917. The lowest BCUT2D eigenvalue weighted by atomic mass is 10.0. The molecule has 0 spiro atoms. The van der Waals surface area contributed by atoms with Gasteiger partial charge in [-0.05, 0) is 41.0 Å². The van der Waals surface area contributed by atoms with E-state index in [0.29, 0.717) is 0 Å². The Labute approximate surface area is 99.5 Å². The Kier molecular flexibility index (Phi) is 2.14. The van der Waals surface area contributed by atoms with Gasteiger partial charge in [0, 0.05) is 12.2 Å². The number of benzene rings is 2. The summed E-state index contributed by atoms with van der Waals surface area (Å²) in [5.74, 6) is 0. The van der Waals surface area contributed by atoms with Crippen molar-refractivity contribution >= 4 is 26.5 Å². The SMILES string of the molecule is NS(=O)(=O)c1ccc2ccc3c(c2c1)CCN3. The van der Waals surface area contributed by atoms with Gasteiger partial charge in [0.2, 0.25) is 10.0 Å². The van der Waals surface area contributed by atoms with Gasteiger partial charge in [0.25, 0.3) is 0 Å². The van der Waals surface area contributed by atoms with Crippen LogP contribution in [0.4, 0.5) is 5.69 Å². The van der Waals surface area contributed by atoms with E-state index in [1.54, 1.807) is 18.2 Å². The zero-order chi connectivity index (χ0) is 12.0. The number of sulfonamides is 1. The lowest BCUT2D eigenvalue weighted by molar-refractivity contribution is 0.598. The smallest absolute Gasteiger partial charge is 0.238 e. The van der Waals surface area contributed by atoms with Crippen LogP contribution >= 0.6 is 0 Å². The second kappa shape index (κ2) is 3.45. The van der Waals surface area contributed by atoms with Gasteiger partial charge in [0.15, 0.2) is 0 Å². The number of nitrogens with two attached hydrogens (primary N) is 1. The minimum Gasteiger partial charge on any atom is -0.384 e. The Hall–Kier alpha value is -1.59. The highest BCUT2D eigenvalue weighted by atomic mass is 32.2. The summed E-state index contributed by atoms with van der Waals surface area (Å²) in [6, 6.07) is 9.03. The van der Waals surface area contributed by atoms with Gasteiger partial charge >= 0.3 is 0 Å². The average molecular weight is 248 g/mol. The molecule has 4 nitrogen and oxygen atoms in total. The van der Waals surface area contributed by atoms with E-state index in [9.17, 15) is 8.42 Å². The normalized spacial score (nSPS) is 14.6. The predicted molar refractivity (Wildman–Crippen MR) is 67.5 cm³/mol. The summed E-state index contributed by atoms with van der Waals surface area (Å²) in [6.45, 7) is 0.897. The second-order valence-corrected chi connectivity index (χ2v) is 5.76. The van der Waals surface area contributed by atoms with Crippen LogP contribution in [0.2, 0.25) is 0 Å². The highest BCUT2D eigenvalue weighted by molar-refractivity contribution is 7.89. The van der Waals surface area contributed by atoms with Crippen molar-refractivity contribution in [3.8, 4) is 0 Å². The molecule has 1 heterocycles. The summed E-state index contributed by atoms with van der Waals surface area (Å²) in [7, 11) is -3.63. The third-order valence-corrected chi connectivity index (χ3v) is 4.03. The molecule has 1 aliphatic rings. The average Bonchev–Trinajstić information content (AvgIpc) is 2.75. The monoisotopic (exact) mass is 248 g/mol. The summed E-state index contributed by atoms with van der Waals surface area (Å²) in [5, 5.41) is 10.4. The Morgan fingerprint density at radius 1 is 1.18 bits per heavy atom. The van der Waals surface area contributed by atoms with E-state index in [1.807, 2.05) is 12.1 Å². The first kappa shape index (κ1) is 10.6. The van der Waals surface area contributed by atoms with Crippen LogP contribution < -0.4 is 10.5 Å². The molecule has 2 aromatic carbocycles. The Morgan fingerprint density at radius 2 is 1.94 bits per heavy atom. The fourth-order valence-electron chi connectivity index (χ4n) is 2.29. The van der Waals surface area contributed by atoms with E-state index >= 15 is 0 Å². The Balaban J connectivity index is 2.35. The number of primary sulfonamides is 1. The van der Waals surface area contributed by atoms with Crippen molar-refractivity contribution in [2.24, 2.45) is 5.14 Å². The minimum absolute atomic E-state index is 0.172. The van der Waals surface area contributed by atoms with Crippen LogP contribution in [0.1, 0.15) is 5.56 Å². The molecule has 0 amide bonds. The van der Waals surface area contributed by atoms with Gasteiger partial charge in [-0.1, -0.05) is 12.1 Å². The third-order valence-electron chi connectivity index (χ3n) is 3.12. The minimum atomic E-state index is -3.63. The van der Waals surface area contributed by atoms with E-state index in [0.717, 1.165) is 29.4 Å². The first-order valence-corrected chi connectivity index (χ1v) is 6.93. The lowest BCUT2D eigenvalue weighted by Gasteiger charge is -2.06. The number of nitrogens with one attached hydrogen (secondary N) is 1. The predicted octanol–water partition coefficient (Wildman–Crippen LogP) is 1.46. The van der Waals surface area contributed by atoms with Crippen LogP contribution in [0.5, 0.6) is 0 Å². The van der Waals surface area contributed by atoms with Crippen LogP contribution in [0.3, 0.4) is 0 Å². The molecule has 3 rings (SSSR count). The third kappa shape index (κ3) is 1.67. The number of rotatable bonds is 1. The largest absolute Gasteiger partial charge is 0.384 e. The molecule has 2 aromatic rings. The molecule has 3 N–H and O–H groups in total. The number of hydrogen-bond donors (Lipinski definition) is 2. The van der Waals surface area contributed by atoms with Gasteiger partial charge < -0.3 is 5.32 Å². The van der Waals surface area contributed by atoms with Gasteiger partial charge in [-0.25, -0.2) is 13.6 Å². The fourth-order valence-corrected chi connectivity index (χ4v) is 2.83. The van der Waals surface area contributed by atoms with Crippen molar-refractivity contribution < 1.29 is 8.42 Å². The standard InChI is InChI=1S/C12H12N2O2S/c13-17(15,16)9-3-1-8-2-4-12-10(5-6-14-12)11(8)7-9/h1-4,7,14H,5-6H2,(H2,13,15,16). The molecule has 88 valence electrons. The van der Waals surface area contributed by atoms with Crippen molar-refractivity contribution in [2.75, 3.05) is 11.9 Å². The van der Waals surface area contributed by atoms with Crippen LogP contribution in [-0.2, 0) is 16.4 Å². The summed E-state index contributed by atoms with van der Waals surface area (Å²) >= 11 is 0. The zero-order valence-electron chi connectivity index (χ0n) is 9.10. The lowest BCUT2D eigenvalue weighted by Crippen LogP contribution is -2.11. The number of hydrogen-bond acceptors (Lipinski definition) is 3. The molecule has 0 saturated heterocycles. The van der Waals surface area contributed by atoms with Gasteiger partial charge in [0.05, 0.1) is 4.90 Å². The van der Waals surface area contributed by atoms with Crippen LogP contribution in [-0.4, -0.2) is 15.0 Å². The van der Waals surface area contributed by atoms with E-state index in [4.69, 9.17) is 5.14 Å². The molecule has 0 atom stereocenters. The van der Waals surface area contributed by atoms with Gasteiger partial charge in [-0.3, -0.25) is 0 Å². The van der Waals surface area contributed by atoms with E-state index in [-0.39, 0.29) is 4.90 Å². The molecule has 17 heavy (non-hydrogen) atoms. The Morgan fingerprint density at radius 3 is 2.71 bits per heavy atom. The molecule has 0 aliphatic carbocycles. The van der Waals surface area contributed by atoms with Crippen molar-refractivity contribution in [3.05, 3.63) is 35.9 Å². The number of fused-ring (bicyclic) bond motifs is 3. The van der Waals surface area contributed by atoms with Crippen LogP contribution in [0.15, 0.2) is 35.2 Å². The first-order chi connectivity index (χ1) is 8.05. The van der Waals surface area contributed by atoms with Crippen molar-refractivity contribution in [1.29, 1.82) is 0 Å². The molecule has 0 unspecified atom stereocenters. The van der Waals surface area contributed by atoms with E-state index < -0.39 is 10.0 Å². The molecule has 5 heteroatoms. The highest BCUT2D eigenvalue weighted by Crippen LogP contribution is 2.31. The summed E-state index contributed by atoms with van der Waals surface area (Å²) in [5.41, 5.74) is 2.26. The van der Waals surface area contributed by atoms with Crippen LogP contribution in [0, 0.1) is 0 Å². The Bertz CT molecular complexity index is 708. The molecule has 0 bridgehead atoms. The molecule has 0 fully saturated rings. The maximum absolute atomic E-state index is 11.3. The molecular weight excluding hydrogens is 236 g/mol. The highest BCUT2D eigenvalue weighted by Gasteiger charge is 2.15. The van der Waals surface area contributed by atoms with Crippen molar-refractivity contribution in [1.82, 2.24) is 0 Å². The van der Waals surface area contributed by atoms with Crippen molar-refractivity contribution in [3.63, 3.8) is 0 Å². The molecule has 1 aliphatic heterocycles. The molecule has 0 aromatic heterocycles. The second-order valence-electron chi connectivity index (χ2n) is 4.20. The molecule has 0 radical (unpaired) electrons. The van der Waals surface area contributed by atoms with E-state index in [1.165, 1.54) is 5.56 Å². The maximum atomic E-state index is 11.3. The fraction of sp³-hybridized carbons (Fsp3) is 0.167. The summed E-state index contributed by atoms with van der Waals surface area (Å²) < 4.78 is 22.7. The quantitative estimate of drug-likeness (QED) is 0.802. The maximum Gasteiger partial charge on any atom is 0.238 e.